The molecule has 0 saturated carbocycles. The van der Waals surface area contributed by atoms with Crippen molar-refractivity contribution >= 4 is 16.9 Å². The Morgan fingerprint density at radius 2 is 2.20 bits per heavy atom. The summed E-state index contributed by atoms with van der Waals surface area (Å²) in [5, 5.41) is 9.79. The number of rotatable bonds is 4. The van der Waals surface area contributed by atoms with Gasteiger partial charge < -0.3 is 14.8 Å². The monoisotopic (exact) mass is 269 g/mol. The minimum Gasteiger partial charge on any atom is -0.489 e. The van der Waals surface area contributed by atoms with Crippen LogP contribution in [0.15, 0.2) is 48.1 Å². The summed E-state index contributed by atoms with van der Waals surface area (Å²) in [7, 11) is 0. The Bertz CT molecular complexity index is 710. The highest BCUT2D eigenvalue weighted by Crippen LogP contribution is 2.22. The molecule has 1 aliphatic rings. The minimum atomic E-state index is -0.957. The maximum Gasteiger partial charge on any atom is 0.352 e. The van der Waals surface area contributed by atoms with Gasteiger partial charge in [-0.1, -0.05) is 18.2 Å². The summed E-state index contributed by atoms with van der Waals surface area (Å²) in [6, 6.07) is 7.15. The van der Waals surface area contributed by atoms with Crippen molar-refractivity contribution in [2.24, 2.45) is 0 Å². The second-order valence-electron chi connectivity index (χ2n) is 4.78. The number of carboxylic acid groups (broad SMARTS) is 1. The molecule has 0 unspecified atom stereocenters. The molecule has 0 spiro atoms. The molecule has 1 aromatic heterocycles. The zero-order valence-electron chi connectivity index (χ0n) is 10.9. The van der Waals surface area contributed by atoms with Gasteiger partial charge in [-0.3, -0.25) is 0 Å². The van der Waals surface area contributed by atoms with Crippen LogP contribution in [-0.2, 0) is 0 Å². The smallest absolute Gasteiger partial charge is 0.352 e. The van der Waals surface area contributed by atoms with Gasteiger partial charge in [0.25, 0.3) is 0 Å². The quantitative estimate of drug-likeness (QED) is 0.892. The van der Waals surface area contributed by atoms with E-state index in [1.807, 2.05) is 18.2 Å². The standard InChI is InChI=1S/C16H15NO3/c18-16(19)15-9-12-8-13(6-7-14(12)17-15)20-10-11-4-2-1-3-5-11/h2,4-9,17H,1,3,10H2,(H,18,19). The van der Waals surface area contributed by atoms with Gasteiger partial charge in [0.05, 0.1) is 0 Å². The lowest BCUT2D eigenvalue weighted by molar-refractivity contribution is 0.0691. The lowest BCUT2D eigenvalue weighted by Crippen LogP contribution is -2.00. The first-order chi connectivity index (χ1) is 9.72. The fraction of sp³-hybridized carbons (Fsp3) is 0.188. The maximum absolute atomic E-state index is 10.9. The van der Waals surface area contributed by atoms with E-state index in [1.165, 1.54) is 5.57 Å². The third-order valence-corrected chi connectivity index (χ3v) is 3.30. The second kappa shape index (κ2) is 5.25. The number of hydrogen-bond donors (Lipinski definition) is 2. The van der Waals surface area contributed by atoms with E-state index in [0.29, 0.717) is 6.61 Å². The summed E-state index contributed by atoms with van der Waals surface area (Å²) < 4.78 is 5.74. The molecule has 4 nitrogen and oxygen atoms in total. The molecule has 1 heterocycles. The molecule has 0 radical (unpaired) electrons. The number of benzene rings is 1. The Morgan fingerprint density at radius 1 is 1.30 bits per heavy atom. The Labute approximate surface area is 116 Å². The number of fused-ring (bicyclic) bond motifs is 1. The number of nitrogens with one attached hydrogen (secondary N) is 1. The lowest BCUT2D eigenvalue weighted by atomic mass is 10.1. The first kappa shape index (κ1) is 12.5. The van der Waals surface area contributed by atoms with Crippen molar-refractivity contribution in [3.05, 3.63) is 53.8 Å². The topological polar surface area (TPSA) is 62.3 Å². The van der Waals surface area contributed by atoms with Crippen LogP contribution >= 0.6 is 0 Å². The third kappa shape index (κ3) is 2.59. The molecule has 4 heteroatoms. The van der Waals surface area contributed by atoms with Gasteiger partial charge in [-0.25, -0.2) is 4.79 Å². The molecule has 0 aliphatic heterocycles. The molecule has 0 saturated heterocycles. The third-order valence-electron chi connectivity index (χ3n) is 3.30. The van der Waals surface area contributed by atoms with Crippen LogP contribution in [0.5, 0.6) is 5.75 Å². The van der Waals surface area contributed by atoms with Crippen LogP contribution in [0.2, 0.25) is 0 Å². The van der Waals surface area contributed by atoms with E-state index in [2.05, 4.69) is 23.2 Å². The van der Waals surface area contributed by atoms with Gasteiger partial charge in [-0.05, 0) is 42.7 Å². The molecule has 1 aliphatic carbocycles. The number of ether oxygens (including phenoxy) is 1. The van der Waals surface area contributed by atoms with Gasteiger partial charge in [0.1, 0.15) is 18.1 Å². The largest absolute Gasteiger partial charge is 0.489 e. The molecule has 2 aromatic rings. The van der Waals surface area contributed by atoms with E-state index >= 15 is 0 Å². The van der Waals surface area contributed by atoms with Crippen molar-refractivity contribution in [3.8, 4) is 5.75 Å². The van der Waals surface area contributed by atoms with Crippen molar-refractivity contribution < 1.29 is 14.6 Å². The van der Waals surface area contributed by atoms with Crippen LogP contribution in [0.4, 0.5) is 0 Å². The maximum atomic E-state index is 10.9. The average Bonchev–Trinajstić information content (AvgIpc) is 2.89. The molecule has 0 fully saturated rings. The molecule has 20 heavy (non-hydrogen) atoms. The Hall–Kier alpha value is -2.49. The highest BCUT2D eigenvalue weighted by atomic mass is 16.5. The predicted molar refractivity (Wildman–Crippen MR) is 77.2 cm³/mol. The number of H-pyrrole nitrogens is 1. The van der Waals surface area contributed by atoms with Gasteiger partial charge in [-0.2, -0.15) is 0 Å². The number of aromatic carboxylic acids is 1. The summed E-state index contributed by atoms with van der Waals surface area (Å²) in [5.41, 5.74) is 2.17. The fourth-order valence-corrected chi connectivity index (χ4v) is 2.26. The van der Waals surface area contributed by atoms with Crippen LogP contribution in [0, 0.1) is 0 Å². The van der Waals surface area contributed by atoms with Crippen LogP contribution in [-0.4, -0.2) is 22.7 Å². The zero-order valence-corrected chi connectivity index (χ0v) is 10.9. The number of aromatic amines is 1. The zero-order chi connectivity index (χ0) is 13.9. The van der Waals surface area contributed by atoms with Crippen molar-refractivity contribution in [2.75, 3.05) is 6.61 Å². The van der Waals surface area contributed by atoms with Crippen LogP contribution in [0.1, 0.15) is 23.3 Å². The van der Waals surface area contributed by atoms with E-state index in [1.54, 1.807) is 6.07 Å². The average molecular weight is 269 g/mol. The molecular formula is C16H15NO3. The summed E-state index contributed by atoms with van der Waals surface area (Å²) in [6.45, 7) is 0.540. The van der Waals surface area contributed by atoms with Crippen molar-refractivity contribution in [1.82, 2.24) is 4.98 Å². The molecule has 102 valence electrons. The number of carbonyl (C=O) groups is 1. The summed E-state index contributed by atoms with van der Waals surface area (Å²) in [6.07, 6.45) is 8.57. The molecule has 0 bridgehead atoms. The highest BCUT2D eigenvalue weighted by Gasteiger charge is 2.08. The number of hydrogen-bond acceptors (Lipinski definition) is 2. The summed E-state index contributed by atoms with van der Waals surface area (Å²) >= 11 is 0. The number of allylic oxidation sites excluding steroid dienone is 2. The minimum absolute atomic E-state index is 0.190. The van der Waals surface area contributed by atoms with E-state index in [-0.39, 0.29) is 5.69 Å². The normalized spacial score (nSPS) is 14.3. The number of carboxylic acids is 1. The van der Waals surface area contributed by atoms with Crippen LogP contribution in [0.25, 0.3) is 10.9 Å². The lowest BCUT2D eigenvalue weighted by Gasteiger charge is -2.09. The van der Waals surface area contributed by atoms with Gasteiger partial charge in [0, 0.05) is 10.9 Å². The molecule has 0 atom stereocenters. The Morgan fingerprint density at radius 3 is 2.95 bits per heavy atom. The van der Waals surface area contributed by atoms with Gasteiger partial charge in [0.2, 0.25) is 0 Å². The van der Waals surface area contributed by atoms with Crippen molar-refractivity contribution in [1.29, 1.82) is 0 Å². The first-order valence-electron chi connectivity index (χ1n) is 6.57. The van der Waals surface area contributed by atoms with Gasteiger partial charge in [-0.15, -0.1) is 0 Å². The second-order valence-corrected chi connectivity index (χ2v) is 4.78. The number of aromatic nitrogens is 1. The first-order valence-corrected chi connectivity index (χ1v) is 6.57. The van der Waals surface area contributed by atoms with E-state index in [0.717, 1.165) is 29.5 Å². The van der Waals surface area contributed by atoms with E-state index in [9.17, 15) is 4.79 Å². The van der Waals surface area contributed by atoms with E-state index in [4.69, 9.17) is 9.84 Å². The predicted octanol–water partition coefficient (Wildman–Crippen LogP) is 3.52. The van der Waals surface area contributed by atoms with Crippen molar-refractivity contribution in [3.63, 3.8) is 0 Å². The van der Waals surface area contributed by atoms with Crippen molar-refractivity contribution in [2.45, 2.75) is 12.8 Å². The Kier molecular flexibility index (Phi) is 3.29. The molecule has 2 N–H and O–H groups in total. The summed E-state index contributed by atoms with van der Waals surface area (Å²) in [4.78, 5) is 13.8. The highest BCUT2D eigenvalue weighted by molar-refractivity contribution is 5.94. The molecular weight excluding hydrogens is 254 g/mol. The SMILES string of the molecule is O=C(O)c1cc2cc(OCC3=CCCC=C3)ccc2[nH]1. The Balaban J connectivity index is 1.76. The summed E-state index contributed by atoms with van der Waals surface area (Å²) in [5.74, 6) is -0.213. The molecule has 3 rings (SSSR count). The van der Waals surface area contributed by atoms with E-state index < -0.39 is 5.97 Å². The van der Waals surface area contributed by atoms with Crippen LogP contribution < -0.4 is 4.74 Å². The van der Waals surface area contributed by atoms with Gasteiger partial charge in [0.15, 0.2) is 0 Å². The molecule has 0 amide bonds. The van der Waals surface area contributed by atoms with Gasteiger partial charge >= 0.3 is 5.97 Å². The molecule has 1 aromatic carbocycles. The fourth-order valence-electron chi connectivity index (χ4n) is 2.26. The van der Waals surface area contributed by atoms with Crippen LogP contribution in [0.3, 0.4) is 0 Å².